The summed E-state index contributed by atoms with van der Waals surface area (Å²) in [6.45, 7) is 2.12. The molecule has 1 unspecified atom stereocenters. The van der Waals surface area contributed by atoms with Crippen LogP contribution in [0.2, 0.25) is 0 Å². The number of amides is 2. The minimum atomic E-state index is -0.350. The number of hydrogen-bond donors (Lipinski definition) is 1. The molecular formula is C15H14N2O4S. The number of benzene rings is 1. The first-order valence-electron chi connectivity index (χ1n) is 6.74. The standard InChI is InChI=1S/C15H14N2O4S/c1-9-16-11(7-20-9)8-21-12-4-2-10(3-5-12)6-13-14(18)17-15(19)22-13/h2-5,7,13H,6,8H2,1H3,(H,17,18,19). The van der Waals surface area contributed by atoms with E-state index >= 15 is 0 Å². The zero-order valence-electron chi connectivity index (χ0n) is 11.9. The zero-order valence-corrected chi connectivity index (χ0v) is 12.7. The first-order valence-corrected chi connectivity index (χ1v) is 7.62. The maximum absolute atomic E-state index is 11.5. The van der Waals surface area contributed by atoms with E-state index in [1.165, 1.54) is 0 Å². The first-order chi connectivity index (χ1) is 10.6. The average Bonchev–Trinajstić information content (AvgIpc) is 3.04. The van der Waals surface area contributed by atoms with E-state index in [1.807, 2.05) is 24.3 Å². The van der Waals surface area contributed by atoms with Gasteiger partial charge in [0.25, 0.3) is 5.24 Å². The fourth-order valence-electron chi connectivity index (χ4n) is 2.10. The number of nitrogens with zero attached hydrogens (tertiary/aromatic N) is 1. The van der Waals surface area contributed by atoms with Gasteiger partial charge in [-0.1, -0.05) is 23.9 Å². The third-order valence-electron chi connectivity index (χ3n) is 3.16. The monoisotopic (exact) mass is 318 g/mol. The van der Waals surface area contributed by atoms with Crippen molar-refractivity contribution in [2.75, 3.05) is 0 Å². The quantitative estimate of drug-likeness (QED) is 0.912. The number of aryl methyl sites for hydroxylation is 1. The summed E-state index contributed by atoms with van der Waals surface area (Å²) in [6, 6.07) is 7.45. The van der Waals surface area contributed by atoms with Crippen molar-refractivity contribution in [1.29, 1.82) is 0 Å². The number of hydrogen-bond acceptors (Lipinski definition) is 6. The van der Waals surface area contributed by atoms with Crippen LogP contribution in [0, 0.1) is 6.92 Å². The van der Waals surface area contributed by atoms with Gasteiger partial charge in [0, 0.05) is 6.92 Å². The van der Waals surface area contributed by atoms with Crippen molar-refractivity contribution in [2.24, 2.45) is 0 Å². The molecule has 0 bridgehead atoms. The molecular weight excluding hydrogens is 304 g/mol. The van der Waals surface area contributed by atoms with E-state index in [1.54, 1.807) is 13.2 Å². The number of aromatic nitrogens is 1. The van der Waals surface area contributed by atoms with Crippen LogP contribution >= 0.6 is 11.8 Å². The lowest BCUT2D eigenvalue weighted by atomic mass is 10.1. The van der Waals surface area contributed by atoms with Gasteiger partial charge in [0.15, 0.2) is 5.89 Å². The number of imide groups is 1. The van der Waals surface area contributed by atoms with E-state index in [9.17, 15) is 9.59 Å². The average molecular weight is 318 g/mol. The summed E-state index contributed by atoms with van der Waals surface area (Å²) in [6.07, 6.45) is 2.08. The van der Waals surface area contributed by atoms with Gasteiger partial charge < -0.3 is 9.15 Å². The molecule has 1 aromatic heterocycles. The molecule has 1 atom stereocenters. The van der Waals surface area contributed by atoms with E-state index in [4.69, 9.17) is 9.15 Å². The Morgan fingerprint density at radius 2 is 2.09 bits per heavy atom. The lowest BCUT2D eigenvalue weighted by Gasteiger charge is -2.07. The second kappa shape index (κ2) is 6.23. The Bertz CT molecular complexity index is 696. The number of carbonyl (C=O) groups is 2. The SMILES string of the molecule is Cc1nc(COc2ccc(CC3SC(=O)NC3=O)cc2)co1. The molecule has 22 heavy (non-hydrogen) atoms. The van der Waals surface area contributed by atoms with E-state index in [0.29, 0.717) is 24.7 Å². The molecule has 0 aliphatic carbocycles. The Hall–Kier alpha value is -2.28. The number of carbonyl (C=O) groups excluding carboxylic acids is 2. The van der Waals surface area contributed by atoms with E-state index in [-0.39, 0.29) is 16.4 Å². The molecule has 1 fully saturated rings. The van der Waals surface area contributed by atoms with Crippen molar-refractivity contribution in [2.45, 2.75) is 25.2 Å². The van der Waals surface area contributed by atoms with Crippen molar-refractivity contribution in [3.8, 4) is 5.75 Å². The maximum atomic E-state index is 11.5. The highest BCUT2D eigenvalue weighted by molar-refractivity contribution is 8.15. The second-order valence-corrected chi connectivity index (χ2v) is 6.05. The molecule has 3 rings (SSSR count). The highest BCUT2D eigenvalue weighted by Gasteiger charge is 2.31. The molecule has 1 aliphatic heterocycles. The Kier molecular flexibility index (Phi) is 4.15. The van der Waals surface area contributed by atoms with Crippen molar-refractivity contribution < 1.29 is 18.7 Å². The van der Waals surface area contributed by atoms with Gasteiger partial charge >= 0.3 is 0 Å². The van der Waals surface area contributed by atoms with Gasteiger partial charge in [0.1, 0.15) is 24.3 Å². The Morgan fingerprint density at radius 3 is 2.68 bits per heavy atom. The fourth-order valence-corrected chi connectivity index (χ4v) is 2.95. The molecule has 2 heterocycles. The summed E-state index contributed by atoms with van der Waals surface area (Å²) in [5.41, 5.74) is 1.71. The largest absolute Gasteiger partial charge is 0.487 e. The molecule has 1 N–H and O–H groups in total. The first kappa shape index (κ1) is 14.6. The van der Waals surface area contributed by atoms with Crippen LogP contribution in [0.25, 0.3) is 0 Å². The van der Waals surface area contributed by atoms with Gasteiger partial charge in [-0.25, -0.2) is 4.98 Å². The number of thioether (sulfide) groups is 1. The molecule has 1 aliphatic rings. The van der Waals surface area contributed by atoms with Crippen molar-refractivity contribution in [1.82, 2.24) is 10.3 Å². The Balaban J connectivity index is 1.56. The van der Waals surface area contributed by atoms with Crippen molar-refractivity contribution >= 4 is 22.9 Å². The molecule has 114 valence electrons. The maximum Gasteiger partial charge on any atom is 0.286 e. The third kappa shape index (κ3) is 3.48. The van der Waals surface area contributed by atoms with Crippen LogP contribution in [-0.4, -0.2) is 21.4 Å². The number of oxazole rings is 1. The van der Waals surface area contributed by atoms with Crippen molar-refractivity contribution in [3.63, 3.8) is 0 Å². The van der Waals surface area contributed by atoms with Crippen LogP contribution in [0.3, 0.4) is 0 Å². The van der Waals surface area contributed by atoms with Crippen LogP contribution in [0.5, 0.6) is 5.75 Å². The Morgan fingerprint density at radius 1 is 1.32 bits per heavy atom. The van der Waals surface area contributed by atoms with Gasteiger partial charge in [-0.15, -0.1) is 0 Å². The predicted octanol–water partition coefficient (Wildman–Crippen LogP) is 2.46. The molecule has 6 nitrogen and oxygen atoms in total. The number of ether oxygens (including phenoxy) is 1. The zero-order chi connectivity index (χ0) is 15.5. The summed E-state index contributed by atoms with van der Waals surface area (Å²) in [5.74, 6) is 1.09. The van der Waals surface area contributed by atoms with Gasteiger partial charge in [0.05, 0.1) is 5.25 Å². The van der Waals surface area contributed by atoms with Crippen LogP contribution < -0.4 is 10.1 Å². The lowest BCUT2D eigenvalue weighted by molar-refractivity contribution is -0.118. The summed E-state index contributed by atoms with van der Waals surface area (Å²) in [4.78, 5) is 26.8. The predicted molar refractivity (Wildman–Crippen MR) is 80.6 cm³/mol. The highest BCUT2D eigenvalue weighted by Crippen LogP contribution is 2.24. The van der Waals surface area contributed by atoms with Crippen LogP contribution in [0.4, 0.5) is 4.79 Å². The highest BCUT2D eigenvalue weighted by atomic mass is 32.2. The van der Waals surface area contributed by atoms with Crippen LogP contribution in [0.1, 0.15) is 17.1 Å². The third-order valence-corrected chi connectivity index (χ3v) is 4.15. The number of rotatable bonds is 5. The molecule has 7 heteroatoms. The minimum Gasteiger partial charge on any atom is -0.487 e. The topological polar surface area (TPSA) is 81.4 Å². The van der Waals surface area contributed by atoms with Crippen LogP contribution in [0.15, 0.2) is 34.9 Å². The number of nitrogens with one attached hydrogen (secondary N) is 1. The molecule has 1 aromatic carbocycles. The molecule has 2 aromatic rings. The fraction of sp³-hybridized carbons (Fsp3) is 0.267. The lowest BCUT2D eigenvalue weighted by Crippen LogP contribution is -2.25. The second-order valence-electron chi connectivity index (χ2n) is 4.88. The smallest absolute Gasteiger partial charge is 0.286 e. The molecule has 0 spiro atoms. The van der Waals surface area contributed by atoms with Crippen LogP contribution in [-0.2, 0) is 17.8 Å². The molecule has 2 amide bonds. The van der Waals surface area contributed by atoms with E-state index in [0.717, 1.165) is 23.0 Å². The summed E-state index contributed by atoms with van der Waals surface area (Å²) in [5, 5.41) is 1.65. The molecule has 1 saturated heterocycles. The molecule has 0 saturated carbocycles. The molecule has 0 radical (unpaired) electrons. The summed E-state index contributed by atoms with van der Waals surface area (Å²) >= 11 is 1.03. The summed E-state index contributed by atoms with van der Waals surface area (Å²) < 4.78 is 10.7. The van der Waals surface area contributed by atoms with Gasteiger partial charge in [-0.2, -0.15) is 0 Å². The Labute approximate surface area is 131 Å². The van der Waals surface area contributed by atoms with E-state index in [2.05, 4.69) is 10.3 Å². The van der Waals surface area contributed by atoms with E-state index < -0.39 is 0 Å². The van der Waals surface area contributed by atoms with Gasteiger partial charge in [0.2, 0.25) is 5.91 Å². The summed E-state index contributed by atoms with van der Waals surface area (Å²) in [7, 11) is 0. The minimum absolute atomic E-state index is 0.225. The van der Waals surface area contributed by atoms with Crippen molar-refractivity contribution in [3.05, 3.63) is 47.7 Å². The van der Waals surface area contributed by atoms with Gasteiger partial charge in [-0.05, 0) is 24.1 Å². The van der Waals surface area contributed by atoms with Gasteiger partial charge in [-0.3, -0.25) is 14.9 Å². The normalized spacial score (nSPS) is 17.6.